The molecule has 2 atom stereocenters. The number of carbonyl (C=O) groups excluding carboxylic acids is 1. The van der Waals surface area contributed by atoms with E-state index in [1.54, 1.807) is 7.11 Å². The summed E-state index contributed by atoms with van der Waals surface area (Å²) in [5.41, 5.74) is 1.17. The molecule has 2 heterocycles. The van der Waals surface area contributed by atoms with Gasteiger partial charge in [0, 0.05) is 37.3 Å². The van der Waals surface area contributed by atoms with Crippen LogP contribution in [0.1, 0.15) is 39.0 Å². The zero-order valence-electron chi connectivity index (χ0n) is 16.2. The lowest BCUT2D eigenvalue weighted by atomic mass is 9.84. The number of methoxy groups -OCH3 is 1. The van der Waals surface area contributed by atoms with Crippen LogP contribution in [0.25, 0.3) is 0 Å². The Hall–Kier alpha value is -1.75. The SMILES string of the molecule is COc1cccc(N2CCCC(NC(=O)CC(C)C3CCNCC3)C2)c1. The van der Waals surface area contributed by atoms with Crippen molar-refractivity contribution in [1.29, 1.82) is 0 Å². The number of carbonyl (C=O) groups is 1. The Morgan fingerprint density at radius 2 is 2.15 bits per heavy atom. The van der Waals surface area contributed by atoms with Gasteiger partial charge in [-0.05, 0) is 62.7 Å². The Bertz CT molecular complexity index is 586. The van der Waals surface area contributed by atoms with Crippen molar-refractivity contribution in [2.24, 2.45) is 11.8 Å². The minimum Gasteiger partial charge on any atom is -0.497 e. The Balaban J connectivity index is 1.50. The molecule has 2 aliphatic rings. The first kappa shape index (κ1) is 19.0. The van der Waals surface area contributed by atoms with E-state index >= 15 is 0 Å². The van der Waals surface area contributed by atoms with E-state index in [-0.39, 0.29) is 11.9 Å². The first-order valence-corrected chi connectivity index (χ1v) is 10.0. The van der Waals surface area contributed by atoms with Crippen LogP contribution in [0.4, 0.5) is 5.69 Å². The highest BCUT2D eigenvalue weighted by Gasteiger charge is 2.25. The number of anilines is 1. The number of benzene rings is 1. The smallest absolute Gasteiger partial charge is 0.220 e. The number of amides is 1. The van der Waals surface area contributed by atoms with E-state index < -0.39 is 0 Å². The monoisotopic (exact) mass is 359 g/mol. The van der Waals surface area contributed by atoms with Crippen molar-refractivity contribution in [2.45, 2.75) is 45.1 Å². The molecule has 1 aromatic carbocycles. The molecule has 2 fully saturated rings. The Morgan fingerprint density at radius 3 is 2.92 bits per heavy atom. The highest BCUT2D eigenvalue weighted by Crippen LogP contribution is 2.26. The van der Waals surface area contributed by atoms with Crippen LogP contribution in [0.5, 0.6) is 5.75 Å². The maximum Gasteiger partial charge on any atom is 0.220 e. The Kier molecular flexibility index (Phi) is 6.78. The van der Waals surface area contributed by atoms with Crippen LogP contribution in [0, 0.1) is 11.8 Å². The predicted molar refractivity (Wildman–Crippen MR) is 106 cm³/mol. The molecular weight excluding hydrogens is 326 g/mol. The fourth-order valence-electron chi connectivity index (χ4n) is 4.30. The van der Waals surface area contributed by atoms with E-state index in [1.165, 1.54) is 18.5 Å². The van der Waals surface area contributed by atoms with Crippen molar-refractivity contribution in [1.82, 2.24) is 10.6 Å². The normalized spacial score (nSPS) is 22.7. The fourth-order valence-corrected chi connectivity index (χ4v) is 4.30. The van der Waals surface area contributed by atoms with Gasteiger partial charge in [-0.15, -0.1) is 0 Å². The minimum absolute atomic E-state index is 0.216. The molecule has 1 amide bonds. The lowest BCUT2D eigenvalue weighted by Crippen LogP contribution is -2.48. The third-order valence-electron chi connectivity index (χ3n) is 5.90. The quantitative estimate of drug-likeness (QED) is 0.820. The standard InChI is InChI=1S/C21H33N3O2/c1-16(17-8-10-22-11-9-17)13-21(25)23-18-5-4-12-24(15-18)19-6-3-7-20(14-19)26-2/h3,6-7,14,16-18,22H,4-5,8-13,15H2,1-2H3,(H,23,25). The minimum atomic E-state index is 0.216. The highest BCUT2D eigenvalue weighted by atomic mass is 16.5. The summed E-state index contributed by atoms with van der Waals surface area (Å²) in [6, 6.07) is 8.42. The lowest BCUT2D eigenvalue weighted by Gasteiger charge is -2.35. The Morgan fingerprint density at radius 1 is 1.35 bits per heavy atom. The van der Waals surface area contributed by atoms with Gasteiger partial charge < -0.3 is 20.3 Å². The molecule has 2 unspecified atom stereocenters. The fraction of sp³-hybridized carbons (Fsp3) is 0.667. The molecule has 0 radical (unpaired) electrons. The third kappa shape index (κ3) is 5.13. The summed E-state index contributed by atoms with van der Waals surface area (Å²) in [5, 5.41) is 6.69. The summed E-state index contributed by atoms with van der Waals surface area (Å²) in [6.07, 6.45) is 5.21. The van der Waals surface area contributed by atoms with Gasteiger partial charge in [-0.3, -0.25) is 4.79 Å². The second-order valence-electron chi connectivity index (χ2n) is 7.82. The van der Waals surface area contributed by atoms with Crippen LogP contribution < -0.4 is 20.3 Å². The van der Waals surface area contributed by atoms with Crippen LogP contribution in [0.15, 0.2) is 24.3 Å². The second-order valence-corrected chi connectivity index (χ2v) is 7.82. The first-order valence-electron chi connectivity index (χ1n) is 10.0. The molecule has 144 valence electrons. The van der Waals surface area contributed by atoms with E-state index in [9.17, 15) is 4.79 Å². The number of ether oxygens (including phenoxy) is 1. The van der Waals surface area contributed by atoms with Crippen molar-refractivity contribution in [2.75, 3.05) is 38.2 Å². The average molecular weight is 360 g/mol. The molecule has 0 spiro atoms. The van der Waals surface area contributed by atoms with E-state index in [2.05, 4.69) is 34.6 Å². The molecule has 2 N–H and O–H groups in total. The maximum absolute atomic E-state index is 12.5. The summed E-state index contributed by atoms with van der Waals surface area (Å²) in [6.45, 7) is 6.33. The van der Waals surface area contributed by atoms with Crippen LogP contribution in [-0.4, -0.2) is 45.2 Å². The molecule has 1 aromatic rings. The lowest BCUT2D eigenvalue weighted by molar-refractivity contribution is -0.123. The number of nitrogens with zero attached hydrogens (tertiary/aromatic N) is 1. The number of nitrogens with one attached hydrogen (secondary N) is 2. The molecule has 5 nitrogen and oxygen atoms in total. The highest BCUT2D eigenvalue weighted by molar-refractivity contribution is 5.76. The van der Waals surface area contributed by atoms with Gasteiger partial charge in [0.05, 0.1) is 7.11 Å². The summed E-state index contributed by atoms with van der Waals surface area (Å²) < 4.78 is 5.34. The zero-order valence-corrected chi connectivity index (χ0v) is 16.2. The van der Waals surface area contributed by atoms with E-state index in [1.807, 2.05) is 12.1 Å². The molecule has 0 bridgehead atoms. The van der Waals surface area contributed by atoms with Gasteiger partial charge in [-0.1, -0.05) is 13.0 Å². The van der Waals surface area contributed by atoms with Gasteiger partial charge >= 0.3 is 0 Å². The molecule has 0 saturated carbocycles. The largest absolute Gasteiger partial charge is 0.497 e. The number of hydrogen-bond acceptors (Lipinski definition) is 4. The summed E-state index contributed by atoms with van der Waals surface area (Å²) in [7, 11) is 1.70. The van der Waals surface area contributed by atoms with Gasteiger partial charge in [-0.25, -0.2) is 0 Å². The van der Waals surface area contributed by atoms with Gasteiger partial charge in [0.2, 0.25) is 5.91 Å². The van der Waals surface area contributed by atoms with Crippen LogP contribution in [0.3, 0.4) is 0 Å². The summed E-state index contributed by atoms with van der Waals surface area (Å²) in [5.74, 6) is 2.25. The number of rotatable bonds is 6. The number of piperidine rings is 2. The zero-order chi connectivity index (χ0) is 18.4. The number of hydrogen-bond donors (Lipinski definition) is 2. The van der Waals surface area contributed by atoms with Crippen LogP contribution in [0.2, 0.25) is 0 Å². The Labute approximate surface area is 157 Å². The summed E-state index contributed by atoms with van der Waals surface area (Å²) >= 11 is 0. The van der Waals surface area contributed by atoms with E-state index in [0.717, 1.165) is 44.8 Å². The van der Waals surface area contributed by atoms with Gasteiger partial charge in [0.15, 0.2) is 0 Å². The summed E-state index contributed by atoms with van der Waals surface area (Å²) in [4.78, 5) is 14.9. The van der Waals surface area contributed by atoms with Crippen molar-refractivity contribution >= 4 is 11.6 Å². The molecule has 2 aliphatic heterocycles. The van der Waals surface area contributed by atoms with E-state index in [4.69, 9.17) is 4.74 Å². The molecule has 0 aliphatic carbocycles. The predicted octanol–water partition coefficient (Wildman–Crippen LogP) is 2.81. The molecule has 3 rings (SSSR count). The second kappa shape index (κ2) is 9.26. The van der Waals surface area contributed by atoms with Gasteiger partial charge in [0.25, 0.3) is 0 Å². The topological polar surface area (TPSA) is 53.6 Å². The molecule has 5 heteroatoms. The molecule has 26 heavy (non-hydrogen) atoms. The van der Waals surface area contributed by atoms with Gasteiger partial charge in [0.1, 0.15) is 5.75 Å². The molecule has 0 aromatic heterocycles. The molecule has 2 saturated heterocycles. The van der Waals surface area contributed by atoms with Crippen LogP contribution in [-0.2, 0) is 4.79 Å². The van der Waals surface area contributed by atoms with Gasteiger partial charge in [-0.2, -0.15) is 0 Å². The van der Waals surface area contributed by atoms with Crippen LogP contribution >= 0.6 is 0 Å². The van der Waals surface area contributed by atoms with Crippen molar-refractivity contribution in [3.63, 3.8) is 0 Å². The van der Waals surface area contributed by atoms with E-state index in [0.29, 0.717) is 18.3 Å². The van der Waals surface area contributed by atoms with Crippen molar-refractivity contribution in [3.8, 4) is 5.75 Å². The molecular formula is C21H33N3O2. The van der Waals surface area contributed by atoms with Crippen molar-refractivity contribution in [3.05, 3.63) is 24.3 Å². The maximum atomic E-state index is 12.5. The first-order chi connectivity index (χ1) is 12.7. The average Bonchev–Trinajstić information content (AvgIpc) is 2.69. The third-order valence-corrected chi connectivity index (χ3v) is 5.90. The van der Waals surface area contributed by atoms with Crippen molar-refractivity contribution < 1.29 is 9.53 Å².